The number of carbonyl (C=O) groups is 1. The van der Waals surface area contributed by atoms with Gasteiger partial charge in [0, 0.05) is 5.97 Å². The molecule has 0 radical (unpaired) electrons. The average molecular weight is 390 g/mol. The molecule has 4 rings (SSSR count). The Hall–Kier alpha value is -0.870. The summed E-state index contributed by atoms with van der Waals surface area (Å²) in [6.07, 6.45) is 9.44. The van der Waals surface area contributed by atoms with Crippen LogP contribution in [-0.4, -0.2) is 28.4 Å². The molecule has 0 bridgehead atoms. The third-order valence-corrected chi connectivity index (χ3v) is 9.66. The first-order valence-electron chi connectivity index (χ1n) is 11.4. The third-order valence-electron chi connectivity index (χ3n) is 9.66. The molecule has 158 valence electrons. The number of carboxylic acids is 1. The van der Waals surface area contributed by atoms with Crippen LogP contribution in [0.4, 0.5) is 0 Å². The Morgan fingerprint density at radius 3 is 2.64 bits per heavy atom. The van der Waals surface area contributed by atoms with Gasteiger partial charge in [0.1, 0.15) is 0 Å². The lowest BCUT2D eigenvalue weighted by atomic mass is 9.46. The summed E-state index contributed by atoms with van der Waals surface area (Å²) in [7, 11) is 0. The lowest BCUT2D eigenvalue weighted by Gasteiger charge is -2.60. The smallest absolute Gasteiger partial charge is 0.0759 e. The highest BCUT2D eigenvalue weighted by Crippen LogP contribution is 2.67. The minimum atomic E-state index is -0.933. The van der Waals surface area contributed by atoms with Crippen molar-refractivity contribution in [3.05, 3.63) is 11.6 Å². The lowest BCUT2D eigenvalue weighted by Crippen LogP contribution is -2.54. The molecule has 2 N–H and O–H groups in total. The number of carboxylic acid groups (broad SMARTS) is 1. The first-order valence-corrected chi connectivity index (χ1v) is 11.4. The van der Waals surface area contributed by atoms with Crippen LogP contribution in [0.15, 0.2) is 11.6 Å². The van der Waals surface area contributed by atoms with Crippen LogP contribution < -0.4 is 5.11 Å². The number of fused-ring (bicyclic) bond motifs is 5. The maximum absolute atomic E-state index is 11.0. The number of hydrogen-bond donors (Lipinski definition) is 2. The Morgan fingerprint density at radius 1 is 1.18 bits per heavy atom. The summed E-state index contributed by atoms with van der Waals surface area (Å²) in [6.45, 7) is 7.02. The molecule has 9 atom stereocenters. The topological polar surface area (TPSA) is 80.6 Å². The van der Waals surface area contributed by atoms with Crippen molar-refractivity contribution in [1.82, 2.24) is 0 Å². The monoisotopic (exact) mass is 389 g/mol. The van der Waals surface area contributed by atoms with Gasteiger partial charge in [-0.15, -0.1) is 0 Å². The molecule has 0 spiro atoms. The fourth-order valence-electron chi connectivity index (χ4n) is 8.28. The van der Waals surface area contributed by atoms with E-state index >= 15 is 0 Å². The van der Waals surface area contributed by atoms with E-state index in [2.05, 4.69) is 20.8 Å². The van der Waals surface area contributed by atoms with Crippen molar-refractivity contribution in [2.45, 2.75) is 90.8 Å². The summed E-state index contributed by atoms with van der Waals surface area (Å²) < 4.78 is 0. The molecule has 0 heterocycles. The van der Waals surface area contributed by atoms with E-state index in [0.29, 0.717) is 36.0 Å². The van der Waals surface area contributed by atoms with Gasteiger partial charge in [-0.05, 0) is 104 Å². The second-order valence-corrected chi connectivity index (χ2v) is 10.9. The Labute approximate surface area is 169 Å². The van der Waals surface area contributed by atoms with Crippen molar-refractivity contribution < 1.29 is 20.1 Å². The van der Waals surface area contributed by atoms with Crippen molar-refractivity contribution in [1.29, 1.82) is 0 Å². The highest BCUT2D eigenvalue weighted by Gasteiger charge is 2.60. The molecular formula is C24H37O4-. The summed E-state index contributed by atoms with van der Waals surface area (Å²) in [6, 6.07) is 0. The third kappa shape index (κ3) is 3.06. The van der Waals surface area contributed by atoms with Gasteiger partial charge in [-0.3, -0.25) is 0 Å². The number of rotatable bonds is 4. The predicted octanol–water partition coefficient (Wildman–Crippen LogP) is 3.06. The highest BCUT2D eigenvalue weighted by molar-refractivity contribution is 5.64. The summed E-state index contributed by atoms with van der Waals surface area (Å²) in [4.78, 5) is 10.9. The molecule has 0 aliphatic heterocycles. The van der Waals surface area contributed by atoms with Crippen molar-refractivity contribution in [2.75, 3.05) is 0 Å². The van der Waals surface area contributed by atoms with Crippen LogP contribution in [0.2, 0.25) is 0 Å². The number of aliphatic hydroxyl groups is 2. The molecule has 0 aromatic carbocycles. The van der Waals surface area contributed by atoms with Crippen LogP contribution in [0.1, 0.15) is 78.6 Å². The summed E-state index contributed by atoms with van der Waals surface area (Å²) in [5.74, 6) is 1.83. The van der Waals surface area contributed by atoms with Crippen LogP contribution in [0.5, 0.6) is 0 Å². The molecule has 0 aromatic rings. The molecular weight excluding hydrogens is 352 g/mol. The minimum Gasteiger partial charge on any atom is -0.550 e. The van der Waals surface area contributed by atoms with E-state index in [9.17, 15) is 20.1 Å². The summed E-state index contributed by atoms with van der Waals surface area (Å²) in [5, 5.41) is 32.1. The molecule has 0 saturated heterocycles. The van der Waals surface area contributed by atoms with Gasteiger partial charge < -0.3 is 20.1 Å². The van der Waals surface area contributed by atoms with E-state index in [0.717, 1.165) is 24.8 Å². The Kier molecular flexibility index (Phi) is 5.19. The maximum Gasteiger partial charge on any atom is 0.0759 e. The minimum absolute atomic E-state index is 0.0293. The molecule has 28 heavy (non-hydrogen) atoms. The van der Waals surface area contributed by atoms with Gasteiger partial charge in [0.2, 0.25) is 0 Å². The van der Waals surface area contributed by atoms with Gasteiger partial charge in [-0.1, -0.05) is 26.8 Å². The van der Waals surface area contributed by atoms with Crippen molar-refractivity contribution in [3.63, 3.8) is 0 Å². The predicted molar refractivity (Wildman–Crippen MR) is 106 cm³/mol. The average Bonchev–Trinajstić information content (AvgIpc) is 2.99. The van der Waals surface area contributed by atoms with Gasteiger partial charge in [0.15, 0.2) is 0 Å². The molecule has 4 nitrogen and oxygen atoms in total. The largest absolute Gasteiger partial charge is 0.550 e. The first kappa shape index (κ1) is 20.4. The van der Waals surface area contributed by atoms with Gasteiger partial charge in [-0.2, -0.15) is 0 Å². The molecule has 4 heteroatoms. The fourth-order valence-corrected chi connectivity index (χ4v) is 8.28. The molecule has 0 aromatic heterocycles. The lowest BCUT2D eigenvalue weighted by molar-refractivity contribution is -0.306. The number of aliphatic carboxylic acids is 1. The summed E-state index contributed by atoms with van der Waals surface area (Å²) >= 11 is 0. The first-order chi connectivity index (χ1) is 13.2. The fraction of sp³-hybridized carbons (Fsp3) is 0.875. The van der Waals surface area contributed by atoms with E-state index < -0.39 is 18.2 Å². The van der Waals surface area contributed by atoms with Crippen LogP contribution >= 0.6 is 0 Å². The molecule has 0 amide bonds. The van der Waals surface area contributed by atoms with Gasteiger partial charge >= 0.3 is 0 Å². The van der Waals surface area contributed by atoms with Crippen molar-refractivity contribution >= 4 is 5.97 Å². The van der Waals surface area contributed by atoms with E-state index in [1.165, 1.54) is 25.7 Å². The summed E-state index contributed by atoms with van der Waals surface area (Å²) in [5.41, 5.74) is 1.40. The van der Waals surface area contributed by atoms with Gasteiger partial charge in [0.25, 0.3) is 0 Å². The Morgan fingerprint density at radius 2 is 1.93 bits per heavy atom. The zero-order valence-electron chi connectivity index (χ0n) is 17.7. The van der Waals surface area contributed by atoms with Gasteiger partial charge in [-0.25, -0.2) is 0 Å². The van der Waals surface area contributed by atoms with Crippen LogP contribution in [0.25, 0.3) is 0 Å². The molecule has 3 saturated carbocycles. The standard InChI is InChI=1S/C24H38O4/c1-14(4-7-22(27)28)17-5-6-18-16-13-21(26)20-12-15(25)8-10-24(20,3)19(16)9-11-23(17,18)2/h12,14-19,21,25-26H,4-11,13H2,1-3H3,(H,27,28)/p-1/t14-,15+,16+,17+,18-,19+,21-,23+,24-/m0/s1. The van der Waals surface area contributed by atoms with E-state index in [1.807, 2.05) is 6.08 Å². The number of carbonyl (C=O) groups excluding carboxylic acids is 1. The molecule has 0 unspecified atom stereocenters. The zero-order valence-corrected chi connectivity index (χ0v) is 17.7. The second kappa shape index (κ2) is 7.12. The van der Waals surface area contributed by atoms with Crippen LogP contribution in [-0.2, 0) is 4.79 Å². The van der Waals surface area contributed by atoms with E-state index in [4.69, 9.17) is 0 Å². The number of aliphatic hydroxyl groups excluding tert-OH is 2. The molecule has 3 fully saturated rings. The molecule has 4 aliphatic carbocycles. The van der Waals surface area contributed by atoms with Crippen LogP contribution in [0, 0.1) is 40.4 Å². The quantitative estimate of drug-likeness (QED) is 0.724. The van der Waals surface area contributed by atoms with Crippen LogP contribution in [0.3, 0.4) is 0 Å². The Balaban J connectivity index is 1.57. The van der Waals surface area contributed by atoms with Crippen molar-refractivity contribution in [3.8, 4) is 0 Å². The maximum atomic E-state index is 11.0. The number of hydrogen-bond acceptors (Lipinski definition) is 4. The van der Waals surface area contributed by atoms with Gasteiger partial charge in [0.05, 0.1) is 12.2 Å². The van der Waals surface area contributed by atoms with Crippen molar-refractivity contribution in [2.24, 2.45) is 40.4 Å². The SMILES string of the molecule is C[C@@H](CCC(=O)[O-])[C@H]1CC[C@H]2[C@H]3C[C@H](O)C4=C[C@H](O)CC[C@@]4(C)[C@@H]3CC[C@]12C. The second-order valence-electron chi connectivity index (χ2n) is 10.9. The van der Waals surface area contributed by atoms with E-state index in [1.54, 1.807) is 0 Å². The van der Waals surface area contributed by atoms with E-state index in [-0.39, 0.29) is 17.3 Å². The highest BCUT2D eigenvalue weighted by atomic mass is 16.4. The molecule has 4 aliphatic rings. The zero-order chi connectivity index (χ0) is 20.3. The Bertz CT molecular complexity index is 657. The normalized spacial score (nSPS) is 48.8.